The number of fused-ring (bicyclic) bond motifs is 1. The van der Waals surface area contributed by atoms with Crippen LogP contribution in [0.15, 0.2) is 23.2 Å². The molecule has 1 atom stereocenters. The smallest absolute Gasteiger partial charge is 0.191 e. The SMILES string of the molecule is CN=C(NCC(C)(C)c1ccc2c(c1)OCCO2)NC1CCS(=O)(=O)C1.I. The number of aliphatic imine (C=N–C) groups is 1. The van der Waals surface area contributed by atoms with E-state index in [1.807, 2.05) is 12.1 Å². The molecule has 0 saturated carbocycles. The average Bonchev–Trinajstić information content (AvgIpc) is 2.96. The number of halogens is 1. The maximum Gasteiger partial charge on any atom is 0.191 e. The minimum Gasteiger partial charge on any atom is -0.486 e. The van der Waals surface area contributed by atoms with Gasteiger partial charge in [0.2, 0.25) is 0 Å². The van der Waals surface area contributed by atoms with Crippen LogP contribution in [0.4, 0.5) is 0 Å². The summed E-state index contributed by atoms with van der Waals surface area (Å²) in [7, 11) is -1.23. The predicted molar refractivity (Wildman–Crippen MR) is 117 cm³/mol. The maximum atomic E-state index is 11.6. The molecule has 1 unspecified atom stereocenters. The second kappa shape index (κ2) is 8.85. The van der Waals surface area contributed by atoms with E-state index in [2.05, 4.69) is 35.5 Å². The van der Waals surface area contributed by atoms with E-state index in [0.29, 0.717) is 32.1 Å². The summed E-state index contributed by atoms with van der Waals surface area (Å²) in [6.45, 7) is 6.06. The van der Waals surface area contributed by atoms with Crippen molar-refractivity contribution in [1.82, 2.24) is 10.6 Å². The van der Waals surface area contributed by atoms with E-state index in [9.17, 15) is 8.42 Å². The topological polar surface area (TPSA) is 89.0 Å². The highest BCUT2D eigenvalue weighted by atomic mass is 127. The van der Waals surface area contributed by atoms with Crippen LogP contribution in [0.1, 0.15) is 25.8 Å². The first-order chi connectivity index (χ1) is 12.3. The Morgan fingerprint density at radius 1 is 1.26 bits per heavy atom. The zero-order valence-electron chi connectivity index (χ0n) is 15.9. The molecule has 152 valence electrons. The molecule has 7 nitrogen and oxygen atoms in total. The standard InChI is InChI=1S/C18H27N3O4S.HI/c1-18(2,13-4-5-15-16(10-13)25-8-7-24-15)12-20-17(19-3)21-14-6-9-26(22,23)11-14;/h4-5,10,14H,6-9,11-12H2,1-3H3,(H2,19,20,21);1H. The molecule has 2 heterocycles. The van der Waals surface area contributed by atoms with Gasteiger partial charge in [-0.1, -0.05) is 19.9 Å². The zero-order valence-corrected chi connectivity index (χ0v) is 19.1. The van der Waals surface area contributed by atoms with Crippen molar-refractivity contribution in [3.8, 4) is 11.5 Å². The summed E-state index contributed by atoms with van der Waals surface area (Å²) in [5, 5.41) is 6.52. The highest BCUT2D eigenvalue weighted by Gasteiger charge is 2.29. The van der Waals surface area contributed by atoms with E-state index in [-0.39, 0.29) is 46.9 Å². The first kappa shape index (κ1) is 22.1. The molecular weight excluding hydrogens is 481 g/mol. The largest absolute Gasteiger partial charge is 0.486 e. The quantitative estimate of drug-likeness (QED) is 0.365. The number of ether oxygens (including phenoxy) is 2. The number of sulfone groups is 1. The van der Waals surface area contributed by atoms with Crippen molar-refractivity contribution < 1.29 is 17.9 Å². The summed E-state index contributed by atoms with van der Waals surface area (Å²) in [5.41, 5.74) is 0.961. The van der Waals surface area contributed by atoms with E-state index < -0.39 is 9.84 Å². The summed E-state index contributed by atoms with van der Waals surface area (Å²) >= 11 is 0. The molecule has 1 saturated heterocycles. The van der Waals surface area contributed by atoms with Crippen LogP contribution in [-0.2, 0) is 15.3 Å². The first-order valence-electron chi connectivity index (χ1n) is 8.87. The molecular formula is C18H28IN3O4S. The van der Waals surface area contributed by atoms with E-state index >= 15 is 0 Å². The van der Waals surface area contributed by atoms with Crippen LogP contribution in [0.3, 0.4) is 0 Å². The third kappa shape index (κ3) is 5.63. The lowest BCUT2D eigenvalue weighted by Gasteiger charge is -2.29. The lowest BCUT2D eigenvalue weighted by atomic mass is 9.84. The van der Waals surface area contributed by atoms with Crippen LogP contribution in [-0.4, -0.2) is 58.7 Å². The van der Waals surface area contributed by atoms with Crippen LogP contribution < -0.4 is 20.1 Å². The van der Waals surface area contributed by atoms with Gasteiger partial charge < -0.3 is 20.1 Å². The van der Waals surface area contributed by atoms with Gasteiger partial charge in [0.05, 0.1) is 11.5 Å². The number of guanidine groups is 1. The molecule has 1 fully saturated rings. The Kier molecular flexibility index (Phi) is 7.23. The van der Waals surface area contributed by atoms with Gasteiger partial charge in [0.15, 0.2) is 27.3 Å². The van der Waals surface area contributed by atoms with Crippen LogP contribution >= 0.6 is 24.0 Å². The molecule has 1 aromatic rings. The van der Waals surface area contributed by atoms with Crippen molar-refractivity contribution in [3.63, 3.8) is 0 Å². The molecule has 9 heteroatoms. The van der Waals surface area contributed by atoms with E-state index in [4.69, 9.17) is 9.47 Å². The fraction of sp³-hybridized carbons (Fsp3) is 0.611. The minimum absolute atomic E-state index is 0. The van der Waals surface area contributed by atoms with Gasteiger partial charge in [0, 0.05) is 25.0 Å². The molecule has 0 aromatic heterocycles. The number of rotatable bonds is 4. The van der Waals surface area contributed by atoms with Crippen molar-refractivity contribution in [2.24, 2.45) is 4.99 Å². The Labute approximate surface area is 178 Å². The third-order valence-electron chi connectivity index (χ3n) is 4.82. The Morgan fingerprint density at radius 2 is 1.96 bits per heavy atom. The van der Waals surface area contributed by atoms with Crippen molar-refractivity contribution >= 4 is 39.8 Å². The second-order valence-electron chi connectivity index (χ2n) is 7.41. The van der Waals surface area contributed by atoms with E-state index in [0.717, 1.165) is 17.1 Å². The van der Waals surface area contributed by atoms with Gasteiger partial charge in [-0.15, -0.1) is 24.0 Å². The third-order valence-corrected chi connectivity index (χ3v) is 6.59. The minimum atomic E-state index is -2.92. The van der Waals surface area contributed by atoms with Crippen molar-refractivity contribution in [1.29, 1.82) is 0 Å². The number of nitrogens with one attached hydrogen (secondary N) is 2. The van der Waals surface area contributed by atoms with Crippen molar-refractivity contribution in [2.45, 2.75) is 31.7 Å². The summed E-state index contributed by atoms with van der Waals surface area (Å²) in [6.07, 6.45) is 0.620. The molecule has 2 N–H and O–H groups in total. The number of nitrogens with zero attached hydrogens (tertiary/aromatic N) is 1. The molecule has 0 spiro atoms. The number of benzene rings is 1. The molecule has 2 aliphatic heterocycles. The van der Waals surface area contributed by atoms with Gasteiger partial charge in [0.25, 0.3) is 0 Å². The lowest BCUT2D eigenvalue weighted by Crippen LogP contribution is -2.47. The monoisotopic (exact) mass is 509 g/mol. The van der Waals surface area contributed by atoms with Crippen molar-refractivity contribution in [2.75, 3.05) is 38.3 Å². The predicted octanol–water partition coefficient (Wildman–Crippen LogP) is 1.71. The molecule has 27 heavy (non-hydrogen) atoms. The average molecular weight is 509 g/mol. The first-order valence-corrected chi connectivity index (χ1v) is 10.7. The Hall–Kier alpha value is -1.23. The molecule has 2 aliphatic rings. The maximum absolute atomic E-state index is 11.6. The molecule has 0 amide bonds. The van der Waals surface area contributed by atoms with E-state index in [1.165, 1.54) is 0 Å². The molecule has 1 aromatic carbocycles. The van der Waals surface area contributed by atoms with Crippen LogP contribution in [0.25, 0.3) is 0 Å². The van der Waals surface area contributed by atoms with Gasteiger partial charge in [-0.05, 0) is 24.1 Å². The zero-order chi connectivity index (χ0) is 18.8. The summed E-state index contributed by atoms with van der Waals surface area (Å²) < 4.78 is 34.5. The summed E-state index contributed by atoms with van der Waals surface area (Å²) in [5.74, 6) is 2.59. The van der Waals surface area contributed by atoms with Gasteiger partial charge in [0.1, 0.15) is 13.2 Å². The summed E-state index contributed by atoms with van der Waals surface area (Å²) in [6, 6.07) is 5.94. The Bertz CT molecular complexity index is 796. The van der Waals surface area contributed by atoms with E-state index in [1.54, 1.807) is 7.05 Å². The van der Waals surface area contributed by atoms with Gasteiger partial charge in [-0.3, -0.25) is 4.99 Å². The van der Waals surface area contributed by atoms with Crippen LogP contribution in [0.5, 0.6) is 11.5 Å². The van der Waals surface area contributed by atoms with Crippen LogP contribution in [0, 0.1) is 0 Å². The summed E-state index contributed by atoms with van der Waals surface area (Å²) in [4.78, 5) is 4.22. The van der Waals surface area contributed by atoms with Gasteiger partial charge in [-0.25, -0.2) is 8.42 Å². The van der Waals surface area contributed by atoms with Gasteiger partial charge >= 0.3 is 0 Å². The fourth-order valence-electron chi connectivity index (χ4n) is 3.17. The molecule has 0 bridgehead atoms. The second-order valence-corrected chi connectivity index (χ2v) is 9.64. The van der Waals surface area contributed by atoms with Crippen LogP contribution in [0.2, 0.25) is 0 Å². The van der Waals surface area contributed by atoms with Crippen molar-refractivity contribution in [3.05, 3.63) is 23.8 Å². The Morgan fingerprint density at radius 3 is 2.59 bits per heavy atom. The molecule has 0 radical (unpaired) electrons. The van der Waals surface area contributed by atoms with Gasteiger partial charge in [-0.2, -0.15) is 0 Å². The lowest BCUT2D eigenvalue weighted by molar-refractivity contribution is 0.171. The molecule has 0 aliphatic carbocycles. The molecule has 3 rings (SSSR count). The fourth-order valence-corrected chi connectivity index (χ4v) is 4.84. The highest BCUT2D eigenvalue weighted by molar-refractivity contribution is 14.0. The highest BCUT2D eigenvalue weighted by Crippen LogP contribution is 2.34. The number of hydrogen-bond donors (Lipinski definition) is 2. The number of hydrogen-bond acceptors (Lipinski definition) is 5. The Balaban J connectivity index is 0.00000261. The normalized spacial score (nSPS) is 21.3.